The summed E-state index contributed by atoms with van der Waals surface area (Å²) in [5.74, 6) is -0.976. The minimum Gasteiger partial charge on any atom is -0.435 e. The molecule has 0 saturated carbocycles. The molecule has 1 aliphatic heterocycles. The van der Waals surface area contributed by atoms with Crippen molar-refractivity contribution in [1.82, 2.24) is 0 Å². The molecule has 1 fully saturated rings. The van der Waals surface area contributed by atoms with Crippen molar-refractivity contribution in [3.63, 3.8) is 0 Å². The van der Waals surface area contributed by atoms with E-state index in [4.69, 9.17) is 9.47 Å². The normalized spacial score (nSPS) is 33.1. The number of rotatable bonds is 2. The highest BCUT2D eigenvalue weighted by molar-refractivity contribution is 5.74. The van der Waals surface area contributed by atoms with Crippen LogP contribution < -0.4 is 0 Å². The first-order valence-corrected chi connectivity index (χ1v) is 5.58. The number of ether oxygens (including phenoxy) is 2. The summed E-state index contributed by atoms with van der Waals surface area (Å²) in [4.78, 5) is 22.4. The number of carbonyl (C=O) groups is 2. The molecule has 1 saturated heterocycles. The quantitative estimate of drug-likeness (QED) is 0.534. The van der Waals surface area contributed by atoms with Crippen LogP contribution in [0.15, 0.2) is 0 Å². The lowest BCUT2D eigenvalue weighted by molar-refractivity contribution is -0.260. The van der Waals surface area contributed by atoms with E-state index >= 15 is 0 Å². The Bertz CT molecular complexity index is 279. The van der Waals surface area contributed by atoms with Crippen LogP contribution in [0.2, 0.25) is 0 Å². The summed E-state index contributed by atoms with van der Waals surface area (Å²) in [5, 5.41) is 0. The fraction of sp³-hybridized carbons (Fsp3) is 0.833. The molecule has 0 aromatic heterocycles. The van der Waals surface area contributed by atoms with Gasteiger partial charge in [0, 0.05) is 11.3 Å². The van der Waals surface area contributed by atoms with E-state index in [1.54, 1.807) is 13.8 Å². The Morgan fingerprint density at radius 2 is 1.94 bits per heavy atom. The third-order valence-corrected chi connectivity index (χ3v) is 2.81. The molecule has 0 amide bonds. The number of hydrogen-bond donors (Lipinski definition) is 0. The van der Waals surface area contributed by atoms with Gasteiger partial charge < -0.3 is 14.3 Å². The van der Waals surface area contributed by atoms with Crippen LogP contribution in [0.5, 0.6) is 0 Å². The summed E-state index contributed by atoms with van der Waals surface area (Å²) in [6.07, 6.45) is -0.147. The molecular weight excluding hydrogens is 208 g/mol. The van der Waals surface area contributed by atoms with E-state index in [9.17, 15) is 9.59 Å². The van der Waals surface area contributed by atoms with Gasteiger partial charge in [-0.05, 0) is 6.92 Å². The minimum atomic E-state index is -0.580. The standard InChI is InChI=1S/C12H20O4/c1-7(6-13)9-8(2)10(14)16-11(15-9)12(3,4)5/h6-9,11H,1-5H3/t7-,8-,9-,11-/m0/s1. The molecule has 0 N–H and O–H groups in total. The Kier molecular flexibility index (Phi) is 3.73. The van der Waals surface area contributed by atoms with Crippen molar-refractivity contribution in [2.24, 2.45) is 17.3 Å². The Balaban J connectivity index is 2.85. The van der Waals surface area contributed by atoms with E-state index in [0.29, 0.717) is 0 Å². The van der Waals surface area contributed by atoms with Crippen molar-refractivity contribution in [1.29, 1.82) is 0 Å². The Morgan fingerprint density at radius 3 is 2.38 bits per heavy atom. The van der Waals surface area contributed by atoms with Gasteiger partial charge in [0.05, 0.1) is 12.0 Å². The van der Waals surface area contributed by atoms with E-state index in [1.807, 2.05) is 20.8 Å². The average molecular weight is 228 g/mol. The number of aldehydes is 1. The lowest BCUT2D eigenvalue weighted by Gasteiger charge is -2.40. The Labute approximate surface area is 96.3 Å². The Hall–Kier alpha value is -0.900. The van der Waals surface area contributed by atoms with Crippen LogP contribution in [0.1, 0.15) is 34.6 Å². The summed E-state index contributed by atoms with van der Waals surface area (Å²) in [6, 6.07) is 0. The van der Waals surface area contributed by atoms with Crippen LogP contribution >= 0.6 is 0 Å². The molecule has 0 bridgehead atoms. The number of cyclic esters (lactones) is 1. The van der Waals surface area contributed by atoms with E-state index in [2.05, 4.69) is 0 Å². The maximum Gasteiger partial charge on any atom is 0.313 e. The highest BCUT2D eigenvalue weighted by atomic mass is 16.7. The summed E-state index contributed by atoms with van der Waals surface area (Å²) in [7, 11) is 0. The summed E-state index contributed by atoms with van der Waals surface area (Å²) < 4.78 is 10.9. The number of hydrogen-bond acceptors (Lipinski definition) is 4. The van der Waals surface area contributed by atoms with E-state index in [0.717, 1.165) is 6.29 Å². The third kappa shape index (κ3) is 2.61. The van der Waals surface area contributed by atoms with Gasteiger partial charge in [-0.15, -0.1) is 0 Å². The van der Waals surface area contributed by atoms with Crippen molar-refractivity contribution in [3.8, 4) is 0 Å². The lowest BCUT2D eigenvalue weighted by Crippen LogP contribution is -2.49. The number of esters is 1. The molecule has 0 unspecified atom stereocenters. The smallest absolute Gasteiger partial charge is 0.313 e. The summed E-state index contributed by atoms with van der Waals surface area (Å²) in [6.45, 7) is 9.29. The van der Waals surface area contributed by atoms with Crippen molar-refractivity contribution < 1.29 is 19.1 Å². The van der Waals surface area contributed by atoms with Gasteiger partial charge in [0.15, 0.2) is 0 Å². The largest absolute Gasteiger partial charge is 0.435 e. The molecule has 0 spiro atoms. The second kappa shape index (κ2) is 4.53. The lowest BCUT2D eigenvalue weighted by atomic mass is 9.90. The molecule has 0 aromatic carbocycles. The first kappa shape index (κ1) is 13.2. The third-order valence-electron chi connectivity index (χ3n) is 2.81. The van der Waals surface area contributed by atoms with Crippen LogP contribution in [-0.2, 0) is 19.1 Å². The molecule has 1 aliphatic rings. The van der Waals surface area contributed by atoms with Crippen LogP contribution in [0.3, 0.4) is 0 Å². The summed E-state index contributed by atoms with van der Waals surface area (Å²) in [5.41, 5.74) is -0.281. The average Bonchev–Trinajstić information content (AvgIpc) is 2.19. The zero-order valence-electron chi connectivity index (χ0n) is 10.5. The fourth-order valence-electron chi connectivity index (χ4n) is 1.67. The van der Waals surface area contributed by atoms with E-state index in [-0.39, 0.29) is 23.4 Å². The maximum absolute atomic E-state index is 11.7. The predicted octanol–water partition coefficient (Wildman–Crippen LogP) is 1.77. The summed E-state index contributed by atoms with van der Waals surface area (Å²) >= 11 is 0. The molecule has 4 nitrogen and oxygen atoms in total. The Morgan fingerprint density at radius 1 is 1.38 bits per heavy atom. The van der Waals surface area contributed by atoms with Crippen LogP contribution in [0.4, 0.5) is 0 Å². The topological polar surface area (TPSA) is 52.6 Å². The monoisotopic (exact) mass is 228 g/mol. The van der Waals surface area contributed by atoms with Gasteiger partial charge >= 0.3 is 5.97 Å². The second-order valence-corrected chi connectivity index (χ2v) is 5.52. The van der Waals surface area contributed by atoms with Gasteiger partial charge in [-0.25, -0.2) is 0 Å². The fourth-order valence-corrected chi connectivity index (χ4v) is 1.67. The molecular formula is C12H20O4. The van der Waals surface area contributed by atoms with Crippen molar-refractivity contribution in [2.75, 3.05) is 0 Å². The molecule has 92 valence electrons. The zero-order valence-corrected chi connectivity index (χ0v) is 10.5. The van der Waals surface area contributed by atoms with Gasteiger partial charge in [-0.2, -0.15) is 0 Å². The van der Waals surface area contributed by atoms with Gasteiger partial charge in [-0.3, -0.25) is 4.79 Å². The highest BCUT2D eigenvalue weighted by Gasteiger charge is 2.43. The highest BCUT2D eigenvalue weighted by Crippen LogP contribution is 2.33. The van der Waals surface area contributed by atoms with Crippen LogP contribution in [0.25, 0.3) is 0 Å². The van der Waals surface area contributed by atoms with E-state index in [1.165, 1.54) is 0 Å². The van der Waals surface area contributed by atoms with Gasteiger partial charge in [0.1, 0.15) is 6.29 Å². The molecule has 1 heterocycles. The molecule has 4 atom stereocenters. The van der Waals surface area contributed by atoms with Crippen molar-refractivity contribution in [2.45, 2.75) is 47.0 Å². The van der Waals surface area contributed by atoms with Gasteiger partial charge in [0.25, 0.3) is 0 Å². The molecule has 4 heteroatoms. The SMILES string of the molecule is C[C@@H]1C(=O)O[C@@H](C(C)(C)C)O[C@H]1[C@@H](C)C=O. The van der Waals surface area contributed by atoms with Gasteiger partial charge in [0.2, 0.25) is 6.29 Å². The molecule has 0 radical (unpaired) electrons. The predicted molar refractivity (Wildman–Crippen MR) is 58.6 cm³/mol. The maximum atomic E-state index is 11.7. The minimum absolute atomic E-state index is 0.281. The van der Waals surface area contributed by atoms with Crippen molar-refractivity contribution >= 4 is 12.3 Å². The van der Waals surface area contributed by atoms with Crippen LogP contribution in [0, 0.1) is 17.3 Å². The second-order valence-electron chi connectivity index (χ2n) is 5.52. The molecule has 0 aromatic rings. The van der Waals surface area contributed by atoms with E-state index < -0.39 is 12.2 Å². The zero-order chi connectivity index (χ0) is 12.5. The number of carbonyl (C=O) groups excluding carboxylic acids is 2. The van der Waals surface area contributed by atoms with Gasteiger partial charge in [-0.1, -0.05) is 27.7 Å². The van der Waals surface area contributed by atoms with Crippen LogP contribution in [-0.4, -0.2) is 24.6 Å². The first-order valence-electron chi connectivity index (χ1n) is 5.58. The molecule has 16 heavy (non-hydrogen) atoms. The molecule has 0 aliphatic carbocycles. The van der Waals surface area contributed by atoms with Crippen molar-refractivity contribution in [3.05, 3.63) is 0 Å². The molecule has 1 rings (SSSR count). The first-order chi connectivity index (χ1) is 7.27.